The van der Waals surface area contributed by atoms with Gasteiger partial charge in [-0.15, -0.1) is 0 Å². The van der Waals surface area contributed by atoms with Gasteiger partial charge in [-0.2, -0.15) is 10.4 Å². The Labute approximate surface area is 87.7 Å². The molecule has 1 amide bonds. The molecule has 1 atom stereocenters. The summed E-state index contributed by atoms with van der Waals surface area (Å²) < 4.78 is 1.52. The maximum Gasteiger partial charge on any atom is 0.239 e. The Bertz CT molecular complexity index is 428. The smallest absolute Gasteiger partial charge is 0.239 e. The lowest BCUT2D eigenvalue weighted by Crippen LogP contribution is -2.33. The number of anilines is 1. The van der Waals surface area contributed by atoms with Gasteiger partial charge in [0.05, 0.1) is 5.69 Å². The molecule has 80 valence electrons. The molecule has 1 rings (SSSR count). The van der Waals surface area contributed by atoms with Gasteiger partial charge in [0.2, 0.25) is 5.91 Å². The Morgan fingerprint density at radius 1 is 1.73 bits per heavy atom. The number of carbonyl (C=O) groups is 1. The number of carbonyl (C=O) groups excluding carboxylic acids is 1. The summed E-state index contributed by atoms with van der Waals surface area (Å²) in [7, 11) is 1.70. The van der Waals surface area contributed by atoms with Gasteiger partial charge in [0, 0.05) is 7.05 Å². The highest BCUT2D eigenvalue weighted by molar-refractivity contribution is 5.82. The second kappa shape index (κ2) is 4.00. The van der Waals surface area contributed by atoms with Crippen molar-refractivity contribution in [3.63, 3.8) is 0 Å². The maximum absolute atomic E-state index is 10.9. The number of rotatable bonds is 3. The molecule has 6 heteroatoms. The molecule has 0 aliphatic rings. The number of aryl methyl sites for hydroxylation is 2. The SMILES string of the molecule is Cc1nn(C)c(NC(C)C(N)=O)c1C#N. The number of hydrogen-bond donors (Lipinski definition) is 2. The highest BCUT2D eigenvalue weighted by Gasteiger charge is 2.16. The summed E-state index contributed by atoms with van der Waals surface area (Å²) in [4.78, 5) is 10.9. The molecule has 3 N–H and O–H groups in total. The van der Waals surface area contributed by atoms with Crippen molar-refractivity contribution < 1.29 is 4.79 Å². The first-order valence-electron chi connectivity index (χ1n) is 4.47. The maximum atomic E-state index is 10.9. The summed E-state index contributed by atoms with van der Waals surface area (Å²) in [5.41, 5.74) is 6.18. The zero-order valence-electron chi connectivity index (χ0n) is 8.90. The number of nitrogens with zero attached hydrogens (tertiary/aromatic N) is 3. The van der Waals surface area contributed by atoms with Crippen LogP contribution in [-0.4, -0.2) is 21.7 Å². The highest BCUT2D eigenvalue weighted by atomic mass is 16.1. The summed E-state index contributed by atoms with van der Waals surface area (Å²) in [6.45, 7) is 3.37. The minimum Gasteiger partial charge on any atom is -0.368 e. The van der Waals surface area contributed by atoms with Crippen molar-refractivity contribution in [2.45, 2.75) is 19.9 Å². The Morgan fingerprint density at radius 2 is 2.33 bits per heavy atom. The summed E-state index contributed by atoms with van der Waals surface area (Å²) in [6, 6.07) is 1.50. The second-order valence-corrected chi connectivity index (χ2v) is 3.31. The number of aromatic nitrogens is 2. The zero-order valence-corrected chi connectivity index (χ0v) is 8.90. The molecular formula is C9H13N5O. The standard InChI is InChI=1S/C9H13N5O/c1-5-7(4-10)9(14(3)13-5)12-6(2)8(11)15/h6,12H,1-3H3,(H2,11,15). The number of primary amides is 1. The van der Waals surface area contributed by atoms with Gasteiger partial charge < -0.3 is 11.1 Å². The number of nitrogens with two attached hydrogens (primary N) is 1. The minimum absolute atomic E-state index is 0.436. The van der Waals surface area contributed by atoms with Gasteiger partial charge in [0.1, 0.15) is 23.5 Å². The quantitative estimate of drug-likeness (QED) is 0.722. The number of hydrogen-bond acceptors (Lipinski definition) is 4. The Hall–Kier alpha value is -2.03. The molecule has 0 aliphatic carbocycles. The first kappa shape index (κ1) is 11.0. The van der Waals surface area contributed by atoms with E-state index in [1.54, 1.807) is 20.9 Å². The lowest BCUT2D eigenvalue weighted by molar-refractivity contribution is -0.118. The molecule has 0 saturated heterocycles. The normalized spacial score (nSPS) is 11.9. The third kappa shape index (κ3) is 2.07. The third-order valence-corrected chi connectivity index (χ3v) is 2.11. The number of amides is 1. The van der Waals surface area contributed by atoms with E-state index < -0.39 is 11.9 Å². The van der Waals surface area contributed by atoms with E-state index in [4.69, 9.17) is 11.0 Å². The molecule has 1 aromatic heterocycles. The lowest BCUT2D eigenvalue weighted by atomic mass is 10.2. The molecule has 6 nitrogen and oxygen atoms in total. The summed E-state index contributed by atoms with van der Waals surface area (Å²) in [5, 5.41) is 15.8. The van der Waals surface area contributed by atoms with Crippen molar-refractivity contribution in [2.24, 2.45) is 12.8 Å². The van der Waals surface area contributed by atoms with E-state index in [0.29, 0.717) is 17.1 Å². The molecule has 0 fully saturated rings. The van der Waals surface area contributed by atoms with Crippen molar-refractivity contribution in [3.05, 3.63) is 11.3 Å². The van der Waals surface area contributed by atoms with Gasteiger partial charge in [0.15, 0.2) is 0 Å². The van der Waals surface area contributed by atoms with E-state index >= 15 is 0 Å². The van der Waals surface area contributed by atoms with E-state index in [1.165, 1.54) is 4.68 Å². The Balaban J connectivity index is 3.05. The first-order valence-corrected chi connectivity index (χ1v) is 4.47. The molecular weight excluding hydrogens is 194 g/mol. The van der Waals surface area contributed by atoms with Crippen LogP contribution in [0.1, 0.15) is 18.2 Å². The Kier molecular flexibility index (Phi) is 2.95. The molecule has 1 aromatic rings. The largest absolute Gasteiger partial charge is 0.368 e. The lowest BCUT2D eigenvalue weighted by Gasteiger charge is -2.11. The van der Waals surface area contributed by atoms with Crippen LogP contribution in [0.3, 0.4) is 0 Å². The number of nitrogens with one attached hydrogen (secondary N) is 1. The molecule has 0 saturated carbocycles. The van der Waals surface area contributed by atoms with Gasteiger partial charge in [-0.1, -0.05) is 0 Å². The van der Waals surface area contributed by atoms with Crippen LogP contribution in [0.4, 0.5) is 5.82 Å². The van der Waals surface area contributed by atoms with Gasteiger partial charge in [-0.05, 0) is 13.8 Å². The summed E-state index contributed by atoms with van der Waals surface area (Å²) >= 11 is 0. The molecule has 0 aliphatic heterocycles. The number of nitriles is 1. The molecule has 0 spiro atoms. The fourth-order valence-electron chi connectivity index (χ4n) is 1.23. The van der Waals surface area contributed by atoms with Crippen molar-refractivity contribution in [1.29, 1.82) is 5.26 Å². The van der Waals surface area contributed by atoms with Crippen LogP contribution in [0.5, 0.6) is 0 Å². The molecule has 1 unspecified atom stereocenters. The van der Waals surface area contributed by atoms with Crippen LogP contribution in [0.2, 0.25) is 0 Å². The van der Waals surface area contributed by atoms with E-state index in [1.807, 2.05) is 6.07 Å². The van der Waals surface area contributed by atoms with Crippen molar-refractivity contribution in [3.8, 4) is 6.07 Å². The van der Waals surface area contributed by atoms with Crippen LogP contribution in [-0.2, 0) is 11.8 Å². The average molecular weight is 207 g/mol. The Morgan fingerprint density at radius 3 is 2.80 bits per heavy atom. The van der Waals surface area contributed by atoms with Gasteiger partial charge in [0.25, 0.3) is 0 Å². The molecule has 0 bridgehead atoms. The predicted molar refractivity (Wildman–Crippen MR) is 54.9 cm³/mol. The van der Waals surface area contributed by atoms with E-state index in [2.05, 4.69) is 10.4 Å². The monoisotopic (exact) mass is 207 g/mol. The van der Waals surface area contributed by atoms with Gasteiger partial charge in [-0.3, -0.25) is 9.48 Å². The third-order valence-electron chi connectivity index (χ3n) is 2.11. The summed E-state index contributed by atoms with van der Waals surface area (Å²) in [6.07, 6.45) is 0. The zero-order chi connectivity index (χ0) is 11.6. The van der Waals surface area contributed by atoms with Crippen molar-refractivity contribution in [1.82, 2.24) is 9.78 Å². The first-order chi connectivity index (χ1) is 6.97. The van der Waals surface area contributed by atoms with Crippen molar-refractivity contribution >= 4 is 11.7 Å². The second-order valence-electron chi connectivity index (χ2n) is 3.31. The van der Waals surface area contributed by atoms with Crippen LogP contribution in [0.15, 0.2) is 0 Å². The molecule has 1 heterocycles. The fraction of sp³-hybridized carbons (Fsp3) is 0.444. The minimum atomic E-state index is -0.535. The van der Waals surface area contributed by atoms with E-state index in [0.717, 1.165) is 0 Å². The van der Waals surface area contributed by atoms with Crippen LogP contribution >= 0.6 is 0 Å². The molecule has 0 radical (unpaired) electrons. The van der Waals surface area contributed by atoms with Gasteiger partial charge >= 0.3 is 0 Å². The topological polar surface area (TPSA) is 96.7 Å². The van der Waals surface area contributed by atoms with E-state index in [9.17, 15) is 4.79 Å². The molecule has 0 aromatic carbocycles. The average Bonchev–Trinajstić information content (AvgIpc) is 2.41. The van der Waals surface area contributed by atoms with Gasteiger partial charge in [-0.25, -0.2) is 0 Å². The fourth-order valence-corrected chi connectivity index (χ4v) is 1.23. The molecule has 15 heavy (non-hydrogen) atoms. The van der Waals surface area contributed by atoms with Crippen LogP contribution in [0, 0.1) is 18.3 Å². The van der Waals surface area contributed by atoms with Crippen molar-refractivity contribution in [2.75, 3.05) is 5.32 Å². The highest BCUT2D eigenvalue weighted by Crippen LogP contribution is 2.17. The van der Waals surface area contributed by atoms with Crippen LogP contribution in [0.25, 0.3) is 0 Å². The van der Waals surface area contributed by atoms with E-state index in [-0.39, 0.29) is 0 Å². The predicted octanol–water partition coefficient (Wildman–Crippen LogP) is -0.114. The van der Waals surface area contributed by atoms with Crippen LogP contribution < -0.4 is 11.1 Å². The summed E-state index contributed by atoms with van der Waals surface area (Å²) in [5.74, 6) is 0.0408.